The smallest absolute Gasteiger partial charge is 0.329 e. The minimum Gasteiger partial charge on any atom is -0.369 e. The van der Waals surface area contributed by atoms with Gasteiger partial charge in [-0.1, -0.05) is 0 Å². The summed E-state index contributed by atoms with van der Waals surface area (Å²) in [6.07, 6.45) is 6.17. The van der Waals surface area contributed by atoms with E-state index in [1.54, 1.807) is 17.3 Å². The van der Waals surface area contributed by atoms with Gasteiger partial charge in [0.15, 0.2) is 0 Å². The minimum atomic E-state index is -0.333. The second-order valence-electron chi connectivity index (χ2n) is 4.43. The number of primary amides is 1. The third-order valence-electron chi connectivity index (χ3n) is 3.26. The van der Waals surface area contributed by atoms with Gasteiger partial charge in [-0.15, -0.1) is 0 Å². The zero-order valence-electron chi connectivity index (χ0n) is 9.74. The van der Waals surface area contributed by atoms with Crippen LogP contribution in [0.1, 0.15) is 19.8 Å². The monoisotopic (exact) mass is 236 g/mol. The second-order valence-corrected chi connectivity index (χ2v) is 4.43. The van der Waals surface area contributed by atoms with E-state index in [-0.39, 0.29) is 23.9 Å². The average Bonchev–Trinajstić information content (AvgIpc) is 2.81. The largest absolute Gasteiger partial charge is 0.369 e. The molecule has 0 bridgehead atoms. The van der Waals surface area contributed by atoms with Crippen molar-refractivity contribution in [3.8, 4) is 0 Å². The molecule has 0 aromatic carbocycles. The van der Waals surface area contributed by atoms with Crippen LogP contribution in [0, 0.1) is 5.92 Å². The van der Waals surface area contributed by atoms with Gasteiger partial charge in [0.25, 0.3) is 0 Å². The van der Waals surface area contributed by atoms with E-state index in [1.165, 1.54) is 10.9 Å². The van der Waals surface area contributed by atoms with Crippen LogP contribution in [-0.4, -0.2) is 39.0 Å². The molecule has 0 radical (unpaired) electrons. The Kier molecular flexibility index (Phi) is 3.12. The Morgan fingerprint density at radius 1 is 1.41 bits per heavy atom. The van der Waals surface area contributed by atoms with Crippen molar-refractivity contribution in [1.82, 2.24) is 14.5 Å². The van der Waals surface area contributed by atoms with Crippen molar-refractivity contribution in [1.29, 1.82) is 0 Å². The van der Waals surface area contributed by atoms with Gasteiger partial charge in [-0.25, -0.2) is 9.78 Å². The summed E-state index contributed by atoms with van der Waals surface area (Å²) in [4.78, 5) is 28.8. The molecule has 17 heavy (non-hydrogen) atoms. The van der Waals surface area contributed by atoms with E-state index >= 15 is 0 Å². The Hall–Kier alpha value is -1.85. The summed E-state index contributed by atoms with van der Waals surface area (Å²) in [7, 11) is 0. The molecule has 2 N–H and O–H groups in total. The number of aromatic nitrogens is 2. The Bertz CT molecular complexity index is 415. The summed E-state index contributed by atoms with van der Waals surface area (Å²) < 4.78 is 1.42. The first kappa shape index (κ1) is 11.6. The van der Waals surface area contributed by atoms with Gasteiger partial charge in [0, 0.05) is 25.0 Å². The average molecular weight is 236 g/mol. The maximum Gasteiger partial charge on any atom is 0.329 e. The number of rotatable bonds is 1. The van der Waals surface area contributed by atoms with Crippen LogP contribution in [0.3, 0.4) is 0 Å². The first-order valence-electron chi connectivity index (χ1n) is 5.68. The van der Waals surface area contributed by atoms with Crippen LogP contribution in [0.15, 0.2) is 18.7 Å². The van der Waals surface area contributed by atoms with Crippen molar-refractivity contribution < 1.29 is 9.59 Å². The molecule has 6 nitrogen and oxygen atoms in total. The fourth-order valence-corrected chi connectivity index (χ4v) is 2.13. The molecule has 92 valence electrons. The van der Waals surface area contributed by atoms with Gasteiger partial charge in [-0.2, -0.15) is 0 Å². The lowest BCUT2D eigenvalue weighted by Gasteiger charge is -2.36. The summed E-state index contributed by atoms with van der Waals surface area (Å²) in [5.74, 6) is -0.570. The predicted molar refractivity (Wildman–Crippen MR) is 61.1 cm³/mol. The summed E-state index contributed by atoms with van der Waals surface area (Å²) in [6.45, 7) is 2.37. The maximum absolute atomic E-state index is 12.1. The highest BCUT2D eigenvalue weighted by Gasteiger charge is 2.32. The Balaban J connectivity index is 2.13. The van der Waals surface area contributed by atoms with Crippen LogP contribution >= 0.6 is 0 Å². The topological polar surface area (TPSA) is 81.2 Å². The van der Waals surface area contributed by atoms with Crippen molar-refractivity contribution >= 4 is 11.9 Å². The molecule has 1 aromatic rings. The Labute approximate surface area is 99.4 Å². The van der Waals surface area contributed by atoms with E-state index in [1.807, 2.05) is 6.92 Å². The molecule has 0 spiro atoms. The van der Waals surface area contributed by atoms with E-state index in [4.69, 9.17) is 5.73 Å². The molecule has 2 rings (SSSR count). The zero-order valence-corrected chi connectivity index (χ0v) is 9.74. The van der Waals surface area contributed by atoms with Crippen LogP contribution < -0.4 is 5.73 Å². The molecular formula is C11H16N4O2. The lowest BCUT2D eigenvalue weighted by Crippen LogP contribution is -2.49. The lowest BCUT2D eigenvalue weighted by atomic mass is 9.93. The fourth-order valence-electron chi connectivity index (χ4n) is 2.13. The fraction of sp³-hybridized carbons (Fsp3) is 0.545. The Morgan fingerprint density at radius 3 is 2.76 bits per heavy atom. The first-order chi connectivity index (χ1) is 8.09. The number of hydrogen-bond acceptors (Lipinski definition) is 3. The molecule has 1 aliphatic rings. The minimum absolute atomic E-state index is 0.125. The molecule has 6 heteroatoms. The van der Waals surface area contributed by atoms with Gasteiger partial charge < -0.3 is 10.6 Å². The molecule has 0 aliphatic carbocycles. The van der Waals surface area contributed by atoms with E-state index < -0.39 is 0 Å². The van der Waals surface area contributed by atoms with Crippen LogP contribution in [-0.2, 0) is 4.79 Å². The van der Waals surface area contributed by atoms with Crippen molar-refractivity contribution in [3.05, 3.63) is 18.7 Å². The van der Waals surface area contributed by atoms with Crippen molar-refractivity contribution in [3.63, 3.8) is 0 Å². The standard InChI is InChI=1S/C11H16N4O2/c1-8-2-3-9(10(12)16)6-15(8)11(17)14-5-4-13-7-14/h4-5,7-9H,2-3,6H2,1H3,(H2,12,16). The molecule has 2 heterocycles. The number of imidazole rings is 1. The third kappa shape index (κ3) is 2.30. The van der Waals surface area contributed by atoms with E-state index in [0.717, 1.165) is 12.8 Å². The normalized spacial score (nSPS) is 24.6. The lowest BCUT2D eigenvalue weighted by molar-refractivity contribution is -0.123. The van der Waals surface area contributed by atoms with Gasteiger partial charge in [0.2, 0.25) is 5.91 Å². The summed E-state index contributed by atoms with van der Waals surface area (Å²) in [5.41, 5.74) is 5.30. The van der Waals surface area contributed by atoms with Crippen molar-refractivity contribution in [2.75, 3.05) is 6.54 Å². The number of likely N-dealkylation sites (tertiary alicyclic amines) is 1. The highest BCUT2D eigenvalue weighted by Crippen LogP contribution is 2.22. The maximum atomic E-state index is 12.1. The second kappa shape index (κ2) is 4.57. The number of carbonyl (C=O) groups excluding carboxylic acids is 2. The van der Waals surface area contributed by atoms with Crippen LogP contribution in [0.4, 0.5) is 4.79 Å². The number of hydrogen-bond donors (Lipinski definition) is 1. The van der Waals surface area contributed by atoms with Gasteiger partial charge in [0.1, 0.15) is 6.33 Å². The van der Waals surface area contributed by atoms with Crippen molar-refractivity contribution in [2.45, 2.75) is 25.8 Å². The molecule has 1 aliphatic heterocycles. The molecule has 2 unspecified atom stereocenters. The summed E-state index contributed by atoms with van der Waals surface area (Å²) in [5, 5.41) is 0. The summed E-state index contributed by atoms with van der Waals surface area (Å²) in [6, 6.07) is -0.0264. The van der Waals surface area contributed by atoms with Gasteiger partial charge in [0.05, 0.1) is 5.92 Å². The molecule has 0 saturated carbocycles. The van der Waals surface area contributed by atoms with Gasteiger partial charge in [-0.3, -0.25) is 9.36 Å². The van der Waals surface area contributed by atoms with Crippen LogP contribution in [0.25, 0.3) is 0 Å². The van der Waals surface area contributed by atoms with E-state index in [9.17, 15) is 9.59 Å². The molecule has 2 amide bonds. The van der Waals surface area contributed by atoms with E-state index in [2.05, 4.69) is 4.98 Å². The van der Waals surface area contributed by atoms with Gasteiger partial charge >= 0.3 is 6.03 Å². The number of amides is 2. The quantitative estimate of drug-likeness (QED) is 0.768. The Morgan fingerprint density at radius 2 is 2.18 bits per heavy atom. The highest BCUT2D eigenvalue weighted by atomic mass is 16.2. The first-order valence-corrected chi connectivity index (χ1v) is 5.68. The van der Waals surface area contributed by atoms with Crippen LogP contribution in [0.5, 0.6) is 0 Å². The zero-order chi connectivity index (χ0) is 12.4. The summed E-state index contributed by atoms with van der Waals surface area (Å²) >= 11 is 0. The number of nitrogens with two attached hydrogens (primary N) is 1. The molecule has 2 atom stereocenters. The molecule has 1 aromatic heterocycles. The third-order valence-corrected chi connectivity index (χ3v) is 3.26. The van der Waals surface area contributed by atoms with Gasteiger partial charge in [-0.05, 0) is 19.8 Å². The molecule has 1 fully saturated rings. The number of nitrogens with zero attached hydrogens (tertiary/aromatic N) is 3. The molecule has 1 saturated heterocycles. The SMILES string of the molecule is CC1CCC(C(N)=O)CN1C(=O)n1ccnc1. The van der Waals surface area contributed by atoms with Crippen LogP contribution in [0.2, 0.25) is 0 Å². The number of piperidine rings is 1. The molecular weight excluding hydrogens is 220 g/mol. The highest BCUT2D eigenvalue weighted by molar-refractivity contribution is 5.80. The predicted octanol–water partition coefficient (Wildman–Crippen LogP) is 0.437. The van der Waals surface area contributed by atoms with Crippen molar-refractivity contribution in [2.24, 2.45) is 11.7 Å². The number of carbonyl (C=O) groups is 2. The van der Waals surface area contributed by atoms with E-state index in [0.29, 0.717) is 6.54 Å².